The fourth-order valence-electron chi connectivity index (χ4n) is 11.0. The van der Waals surface area contributed by atoms with Gasteiger partial charge in [0.05, 0.1) is 39.9 Å². The fraction of sp³-hybridized carbons (Fsp3) is 0.957. The van der Waals surface area contributed by atoms with Crippen LogP contribution in [0.3, 0.4) is 0 Å². The zero-order valence-electron chi connectivity index (χ0n) is 53.4. The molecule has 2 N–H and O–H groups in total. The van der Waals surface area contributed by atoms with Crippen molar-refractivity contribution in [1.29, 1.82) is 0 Å². The Labute approximate surface area is 488 Å². The lowest BCUT2D eigenvalue weighted by atomic mass is 10.0. The lowest BCUT2D eigenvalue weighted by Gasteiger charge is -2.30. The summed E-state index contributed by atoms with van der Waals surface area (Å²) in [6.45, 7) is 4.77. The molecule has 0 aromatic carbocycles. The van der Waals surface area contributed by atoms with E-state index in [9.17, 15) is 19.4 Å². The number of hydrogen-bond donors (Lipinski definition) is 2. The molecule has 0 aliphatic carbocycles. The van der Waals surface area contributed by atoms with Crippen LogP contribution in [-0.2, 0) is 18.4 Å². The normalized spacial score (nSPS) is 13.7. The molecule has 3 unspecified atom stereocenters. The minimum Gasteiger partial charge on any atom is -0.756 e. The molecule has 0 aliphatic rings. The van der Waals surface area contributed by atoms with Crippen molar-refractivity contribution in [3.05, 3.63) is 12.2 Å². The lowest BCUT2D eigenvalue weighted by Crippen LogP contribution is -2.46. The molecule has 466 valence electrons. The molecule has 0 fully saturated rings. The highest BCUT2D eigenvalue weighted by Gasteiger charge is 2.24. The molecule has 0 radical (unpaired) electrons. The van der Waals surface area contributed by atoms with E-state index >= 15 is 0 Å². The highest BCUT2D eigenvalue weighted by atomic mass is 31.2. The van der Waals surface area contributed by atoms with Crippen LogP contribution in [0, 0.1) is 0 Å². The van der Waals surface area contributed by atoms with Crippen molar-refractivity contribution in [1.82, 2.24) is 5.32 Å². The molecule has 0 rings (SSSR count). The molecule has 78 heavy (non-hydrogen) atoms. The van der Waals surface area contributed by atoms with E-state index in [1.54, 1.807) is 0 Å². The molecule has 1 amide bonds. The zero-order valence-corrected chi connectivity index (χ0v) is 54.3. The van der Waals surface area contributed by atoms with Gasteiger partial charge in [0.25, 0.3) is 7.82 Å². The first-order chi connectivity index (χ1) is 38.0. The number of allylic oxidation sites excluding steroid dienone is 2. The smallest absolute Gasteiger partial charge is 0.268 e. The Balaban J connectivity index is 3.80. The number of hydrogen-bond acceptors (Lipinski definition) is 6. The molecular formula is C69H139N2O6P. The molecule has 0 aliphatic heterocycles. The van der Waals surface area contributed by atoms with Crippen LogP contribution >= 0.6 is 7.82 Å². The number of phosphoric acid groups is 1. The van der Waals surface area contributed by atoms with Gasteiger partial charge in [0, 0.05) is 6.42 Å². The number of aliphatic hydroxyl groups is 1. The predicted molar refractivity (Wildman–Crippen MR) is 339 cm³/mol. The van der Waals surface area contributed by atoms with Crippen molar-refractivity contribution in [3.8, 4) is 0 Å². The average molecular weight is 1120 g/mol. The Kier molecular flexibility index (Phi) is 60.2. The number of phosphoric ester groups is 1. The fourth-order valence-corrected chi connectivity index (χ4v) is 11.8. The van der Waals surface area contributed by atoms with Crippen molar-refractivity contribution in [3.63, 3.8) is 0 Å². The second kappa shape index (κ2) is 60.8. The summed E-state index contributed by atoms with van der Waals surface area (Å²) in [5, 5.41) is 14.0. The summed E-state index contributed by atoms with van der Waals surface area (Å²) in [6.07, 6.45) is 77.4. The first-order valence-corrected chi connectivity index (χ1v) is 36.5. The number of quaternary nitrogens is 1. The molecule has 9 heteroatoms. The van der Waals surface area contributed by atoms with E-state index in [-0.39, 0.29) is 19.1 Å². The van der Waals surface area contributed by atoms with E-state index in [2.05, 4.69) is 31.3 Å². The molecule has 0 saturated heterocycles. The van der Waals surface area contributed by atoms with Gasteiger partial charge in [0.2, 0.25) is 5.91 Å². The number of amides is 1. The summed E-state index contributed by atoms with van der Waals surface area (Å²) >= 11 is 0. The second-order valence-corrected chi connectivity index (χ2v) is 27.0. The molecule has 0 aromatic rings. The van der Waals surface area contributed by atoms with Crippen LogP contribution in [0.5, 0.6) is 0 Å². The van der Waals surface area contributed by atoms with E-state index < -0.39 is 20.0 Å². The Morgan fingerprint density at radius 1 is 0.436 bits per heavy atom. The third kappa shape index (κ3) is 62.8. The van der Waals surface area contributed by atoms with Gasteiger partial charge in [-0.2, -0.15) is 0 Å². The van der Waals surface area contributed by atoms with Gasteiger partial charge in [-0.1, -0.05) is 341 Å². The molecule has 0 heterocycles. The third-order valence-corrected chi connectivity index (χ3v) is 17.5. The van der Waals surface area contributed by atoms with Gasteiger partial charge in [-0.05, 0) is 38.5 Å². The second-order valence-electron chi connectivity index (χ2n) is 25.6. The number of carbonyl (C=O) groups excluding carboxylic acids is 1. The van der Waals surface area contributed by atoms with E-state index in [0.29, 0.717) is 23.9 Å². The molecule has 0 saturated carbocycles. The maximum Gasteiger partial charge on any atom is 0.268 e. The number of nitrogens with one attached hydrogen (secondary N) is 1. The van der Waals surface area contributed by atoms with Gasteiger partial charge in [-0.3, -0.25) is 9.36 Å². The largest absolute Gasteiger partial charge is 0.756 e. The van der Waals surface area contributed by atoms with Gasteiger partial charge < -0.3 is 28.8 Å². The monoisotopic (exact) mass is 1120 g/mol. The minimum absolute atomic E-state index is 0.0160. The number of carbonyl (C=O) groups is 1. The summed E-state index contributed by atoms with van der Waals surface area (Å²) in [6, 6.07) is -0.796. The van der Waals surface area contributed by atoms with Gasteiger partial charge in [0.1, 0.15) is 13.2 Å². The van der Waals surface area contributed by atoms with Crippen LogP contribution < -0.4 is 10.2 Å². The predicted octanol–water partition coefficient (Wildman–Crippen LogP) is 21.5. The Bertz CT molecular complexity index is 1280. The number of aliphatic hydroxyl groups excluding tert-OH is 1. The summed E-state index contributed by atoms with van der Waals surface area (Å²) in [5.41, 5.74) is 0. The summed E-state index contributed by atoms with van der Waals surface area (Å²) in [4.78, 5) is 25.6. The highest BCUT2D eigenvalue weighted by Crippen LogP contribution is 2.38. The van der Waals surface area contributed by atoms with Gasteiger partial charge in [-0.15, -0.1) is 0 Å². The molecule has 8 nitrogen and oxygen atoms in total. The number of unbranched alkanes of at least 4 members (excludes halogenated alkanes) is 51. The highest BCUT2D eigenvalue weighted by molar-refractivity contribution is 7.45. The van der Waals surface area contributed by atoms with Crippen molar-refractivity contribution < 1.29 is 32.9 Å². The van der Waals surface area contributed by atoms with Crippen LogP contribution in [0.2, 0.25) is 0 Å². The van der Waals surface area contributed by atoms with Crippen molar-refractivity contribution in [2.24, 2.45) is 0 Å². The van der Waals surface area contributed by atoms with E-state index in [0.717, 1.165) is 38.5 Å². The van der Waals surface area contributed by atoms with Crippen LogP contribution in [0.15, 0.2) is 12.2 Å². The molecular weight excluding hydrogens is 984 g/mol. The molecule has 0 aromatic heterocycles. The van der Waals surface area contributed by atoms with Crippen LogP contribution in [-0.4, -0.2) is 68.5 Å². The number of likely N-dealkylation sites (N-methyl/N-ethyl adjacent to an activating group) is 1. The average Bonchev–Trinajstić information content (AvgIpc) is 3.41. The topological polar surface area (TPSA) is 108 Å². The SMILES string of the molecule is CCCCCCCCCC/C=C\CCCCCCCCCCCCCCCCCCCCCCCCCCCCCCCC(=O)NC(COP(=O)([O-])OCC[N+](C)(C)C)C(O)CCCCCCCCCCCCCCCCC. The number of nitrogens with zero attached hydrogens (tertiary/aromatic N) is 1. The van der Waals surface area contributed by atoms with Crippen LogP contribution in [0.25, 0.3) is 0 Å². The molecule has 0 bridgehead atoms. The lowest BCUT2D eigenvalue weighted by molar-refractivity contribution is -0.870. The standard InChI is InChI=1S/C69H139N2O6P/c1-6-8-10-12-14-16-18-20-22-23-24-25-26-27-28-29-30-31-32-33-34-35-36-37-38-39-40-41-42-43-44-45-46-47-49-51-53-55-57-59-61-63-69(73)70-67(66-77-78(74,75)76-65-64-71(3,4)5)68(72)62-60-58-56-54-52-50-48-21-19-17-15-13-11-9-7-2/h23-24,67-68,72H,6-22,25-66H2,1-5H3,(H-,70,73,74,75)/b24-23-. The van der Waals surface area contributed by atoms with Crippen molar-refractivity contribution >= 4 is 13.7 Å². The van der Waals surface area contributed by atoms with Gasteiger partial charge in [0.15, 0.2) is 0 Å². The van der Waals surface area contributed by atoms with Crippen LogP contribution in [0.4, 0.5) is 0 Å². The summed E-state index contributed by atoms with van der Waals surface area (Å²) < 4.78 is 23.5. The van der Waals surface area contributed by atoms with Crippen LogP contribution in [0.1, 0.15) is 373 Å². The Hall–Kier alpha value is -0.760. The molecule has 0 spiro atoms. The van der Waals surface area contributed by atoms with Gasteiger partial charge >= 0.3 is 0 Å². The summed E-state index contributed by atoms with van der Waals surface area (Å²) in [7, 11) is 1.33. The third-order valence-electron chi connectivity index (χ3n) is 16.5. The van der Waals surface area contributed by atoms with E-state index in [1.165, 1.54) is 308 Å². The first-order valence-electron chi connectivity index (χ1n) is 35.0. The first kappa shape index (κ1) is 77.2. The maximum atomic E-state index is 13.0. The van der Waals surface area contributed by atoms with E-state index in [1.807, 2.05) is 21.1 Å². The van der Waals surface area contributed by atoms with Crippen molar-refractivity contribution in [2.75, 3.05) is 40.9 Å². The maximum absolute atomic E-state index is 13.0. The number of rotatable bonds is 66. The summed E-state index contributed by atoms with van der Waals surface area (Å²) in [5.74, 6) is -0.156. The minimum atomic E-state index is -4.57. The van der Waals surface area contributed by atoms with Gasteiger partial charge in [-0.25, -0.2) is 0 Å². The van der Waals surface area contributed by atoms with Crippen molar-refractivity contribution in [2.45, 2.75) is 386 Å². The Morgan fingerprint density at radius 2 is 0.705 bits per heavy atom. The quantitative estimate of drug-likeness (QED) is 0.0272. The molecule has 3 atom stereocenters. The Morgan fingerprint density at radius 3 is 1.00 bits per heavy atom. The van der Waals surface area contributed by atoms with E-state index in [4.69, 9.17) is 9.05 Å². The zero-order chi connectivity index (χ0) is 57.0.